The molecular formula is C13H11BrN2O2. The van der Waals surface area contributed by atoms with Crippen molar-refractivity contribution in [3.05, 3.63) is 52.7 Å². The normalized spacial score (nSPS) is 17.2. The Balaban J connectivity index is 2.31. The lowest BCUT2D eigenvalue weighted by Crippen LogP contribution is -2.30. The SMILES string of the molecule is C=CCN1C(=O)N/C(=C/c2ccccc2Br)C1=O. The molecule has 1 aromatic rings. The van der Waals surface area contributed by atoms with Gasteiger partial charge < -0.3 is 5.32 Å². The molecule has 1 aliphatic heterocycles. The van der Waals surface area contributed by atoms with Gasteiger partial charge in [-0.3, -0.25) is 9.69 Å². The summed E-state index contributed by atoms with van der Waals surface area (Å²) in [5, 5.41) is 2.54. The van der Waals surface area contributed by atoms with Crippen LogP contribution in [0.15, 0.2) is 47.1 Å². The topological polar surface area (TPSA) is 49.4 Å². The summed E-state index contributed by atoms with van der Waals surface area (Å²) in [6.07, 6.45) is 3.16. The van der Waals surface area contributed by atoms with Gasteiger partial charge in [-0.05, 0) is 17.7 Å². The average Bonchev–Trinajstić information content (AvgIpc) is 2.60. The molecule has 18 heavy (non-hydrogen) atoms. The van der Waals surface area contributed by atoms with Gasteiger partial charge in [0.05, 0.1) is 0 Å². The highest BCUT2D eigenvalue weighted by Crippen LogP contribution is 2.20. The molecule has 0 aliphatic carbocycles. The molecule has 0 saturated carbocycles. The number of imide groups is 1. The number of hydrogen-bond acceptors (Lipinski definition) is 2. The van der Waals surface area contributed by atoms with E-state index in [1.54, 1.807) is 6.08 Å². The monoisotopic (exact) mass is 306 g/mol. The van der Waals surface area contributed by atoms with Crippen molar-refractivity contribution < 1.29 is 9.59 Å². The molecule has 1 aromatic carbocycles. The fraction of sp³-hybridized carbons (Fsp3) is 0.0769. The summed E-state index contributed by atoms with van der Waals surface area (Å²) in [4.78, 5) is 24.6. The second-order valence-corrected chi connectivity index (χ2v) is 4.57. The first-order chi connectivity index (χ1) is 8.63. The van der Waals surface area contributed by atoms with Gasteiger partial charge in [-0.15, -0.1) is 6.58 Å². The average molecular weight is 307 g/mol. The van der Waals surface area contributed by atoms with Crippen molar-refractivity contribution in [2.75, 3.05) is 6.54 Å². The zero-order valence-corrected chi connectivity index (χ0v) is 11.1. The number of urea groups is 1. The van der Waals surface area contributed by atoms with Crippen molar-refractivity contribution in [1.82, 2.24) is 10.2 Å². The lowest BCUT2D eigenvalue weighted by molar-refractivity contribution is -0.122. The minimum Gasteiger partial charge on any atom is -0.303 e. The van der Waals surface area contributed by atoms with Crippen molar-refractivity contribution in [2.24, 2.45) is 0 Å². The number of amides is 3. The van der Waals surface area contributed by atoms with Gasteiger partial charge in [0, 0.05) is 11.0 Å². The zero-order chi connectivity index (χ0) is 13.1. The maximum Gasteiger partial charge on any atom is 0.329 e. The molecule has 5 heteroatoms. The first kappa shape index (κ1) is 12.6. The van der Waals surface area contributed by atoms with Crippen LogP contribution < -0.4 is 5.32 Å². The summed E-state index contributed by atoms with van der Waals surface area (Å²) in [6.45, 7) is 3.72. The Kier molecular flexibility index (Phi) is 3.62. The molecule has 2 rings (SSSR count). The van der Waals surface area contributed by atoms with E-state index in [-0.39, 0.29) is 18.1 Å². The lowest BCUT2D eigenvalue weighted by atomic mass is 10.2. The van der Waals surface area contributed by atoms with E-state index in [0.29, 0.717) is 0 Å². The third kappa shape index (κ3) is 2.36. The first-order valence-electron chi connectivity index (χ1n) is 5.33. The quantitative estimate of drug-likeness (QED) is 0.530. The van der Waals surface area contributed by atoms with Gasteiger partial charge >= 0.3 is 6.03 Å². The zero-order valence-electron chi connectivity index (χ0n) is 9.52. The number of halogens is 1. The molecule has 92 valence electrons. The van der Waals surface area contributed by atoms with Crippen LogP contribution in [0.5, 0.6) is 0 Å². The van der Waals surface area contributed by atoms with Crippen LogP contribution in [-0.4, -0.2) is 23.4 Å². The molecule has 4 nitrogen and oxygen atoms in total. The fourth-order valence-corrected chi connectivity index (χ4v) is 2.01. The Labute approximate surface area is 113 Å². The molecule has 0 atom stereocenters. The molecule has 1 N–H and O–H groups in total. The van der Waals surface area contributed by atoms with Crippen molar-refractivity contribution >= 4 is 33.9 Å². The van der Waals surface area contributed by atoms with E-state index in [1.807, 2.05) is 24.3 Å². The third-order valence-electron chi connectivity index (χ3n) is 2.48. The number of benzene rings is 1. The number of carbonyl (C=O) groups excluding carboxylic acids is 2. The molecule has 1 saturated heterocycles. The lowest BCUT2D eigenvalue weighted by Gasteiger charge is -2.06. The smallest absolute Gasteiger partial charge is 0.303 e. The van der Waals surface area contributed by atoms with Crippen LogP contribution >= 0.6 is 15.9 Å². The summed E-state index contributed by atoms with van der Waals surface area (Å²) in [5.41, 5.74) is 1.11. The molecule has 0 aromatic heterocycles. The van der Waals surface area contributed by atoms with Crippen molar-refractivity contribution in [3.8, 4) is 0 Å². The second kappa shape index (κ2) is 5.18. The van der Waals surface area contributed by atoms with E-state index in [2.05, 4.69) is 27.8 Å². The Hall–Kier alpha value is -1.88. The summed E-state index contributed by atoms with van der Waals surface area (Å²) in [6, 6.07) is 7.05. The summed E-state index contributed by atoms with van der Waals surface area (Å²) in [5.74, 6) is -0.337. The van der Waals surface area contributed by atoms with Gasteiger partial charge in [0.2, 0.25) is 0 Å². The van der Waals surface area contributed by atoms with Crippen LogP contribution in [0.1, 0.15) is 5.56 Å². The standard InChI is InChI=1S/C13H11BrN2O2/c1-2-7-16-12(17)11(15-13(16)18)8-9-5-3-4-6-10(9)14/h2-6,8H,1,7H2,(H,15,18)/b11-8+. The predicted octanol–water partition coefficient (Wildman–Crippen LogP) is 2.53. The number of nitrogens with one attached hydrogen (secondary N) is 1. The molecule has 0 radical (unpaired) electrons. The van der Waals surface area contributed by atoms with Crippen LogP contribution in [0.4, 0.5) is 4.79 Å². The molecule has 3 amide bonds. The van der Waals surface area contributed by atoms with Crippen LogP contribution in [0.3, 0.4) is 0 Å². The number of nitrogens with zero attached hydrogens (tertiary/aromatic N) is 1. The highest BCUT2D eigenvalue weighted by Gasteiger charge is 2.32. The van der Waals surface area contributed by atoms with E-state index in [1.165, 1.54) is 6.08 Å². The van der Waals surface area contributed by atoms with Crippen LogP contribution in [-0.2, 0) is 4.79 Å². The second-order valence-electron chi connectivity index (χ2n) is 3.71. The number of carbonyl (C=O) groups is 2. The van der Waals surface area contributed by atoms with Crippen LogP contribution in [0, 0.1) is 0 Å². The van der Waals surface area contributed by atoms with Gasteiger partial charge in [0.1, 0.15) is 5.70 Å². The van der Waals surface area contributed by atoms with Gasteiger partial charge in [0.15, 0.2) is 0 Å². The fourth-order valence-electron chi connectivity index (χ4n) is 1.61. The van der Waals surface area contributed by atoms with Gasteiger partial charge in [-0.25, -0.2) is 4.79 Å². The van der Waals surface area contributed by atoms with Gasteiger partial charge in [0.25, 0.3) is 5.91 Å². The predicted molar refractivity (Wildman–Crippen MR) is 72.6 cm³/mol. The van der Waals surface area contributed by atoms with Crippen LogP contribution in [0.2, 0.25) is 0 Å². The maximum absolute atomic E-state index is 11.9. The van der Waals surface area contributed by atoms with Crippen molar-refractivity contribution in [2.45, 2.75) is 0 Å². The Morgan fingerprint density at radius 2 is 2.06 bits per heavy atom. The molecule has 0 unspecified atom stereocenters. The largest absolute Gasteiger partial charge is 0.329 e. The minimum absolute atomic E-state index is 0.206. The molecule has 1 heterocycles. The molecule has 0 bridgehead atoms. The molecular weight excluding hydrogens is 296 g/mol. The van der Waals surface area contributed by atoms with E-state index in [9.17, 15) is 9.59 Å². The van der Waals surface area contributed by atoms with Gasteiger partial charge in [-0.2, -0.15) is 0 Å². The van der Waals surface area contributed by atoms with Crippen molar-refractivity contribution in [1.29, 1.82) is 0 Å². The number of rotatable bonds is 3. The first-order valence-corrected chi connectivity index (χ1v) is 6.12. The van der Waals surface area contributed by atoms with E-state index < -0.39 is 6.03 Å². The van der Waals surface area contributed by atoms with Crippen molar-refractivity contribution in [3.63, 3.8) is 0 Å². The molecule has 0 spiro atoms. The summed E-state index contributed by atoms with van der Waals surface area (Å²) in [7, 11) is 0. The van der Waals surface area contributed by atoms with E-state index >= 15 is 0 Å². The summed E-state index contributed by atoms with van der Waals surface area (Å²) < 4.78 is 0.863. The van der Waals surface area contributed by atoms with E-state index in [0.717, 1.165) is 14.9 Å². The highest BCUT2D eigenvalue weighted by atomic mass is 79.9. The van der Waals surface area contributed by atoms with E-state index in [4.69, 9.17) is 0 Å². The summed E-state index contributed by atoms with van der Waals surface area (Å²) >= 11 is 3.39. The minimum atomic E-state index is -0.418. The Bertz CT molecular complexity index is 552. The highest BCUT2D eigenvalue weighted by molar-refractivity contribution is 9.10. The molecule has 1 aliphatic rings. The van der Waals surface area contributed by atoms with Crippen LogP contribution in [0.25, 0.3) is 6.08 Å². The Morgan fingerprint density at radius 1 is 1.33 bits per heavy atom. The van der Waals surface area contributed by atoms with Gasteiger partial charge in [-0.1, -0.05) is 40.2 Å². The Morgan fingerprint density at radius 3 is 2.72 bits per heavy atom. The third-order valence-corrected chi connectivity index (χ3v) is 3.20. The number of hydrogen-bond donors (Lipinski definition) is 1. The maximum atomic E-state index is 11.9. The molecule has 1 fully saturated rings.